The first-order valence-corrected chi connectivity index (χ1v) is 6.19. The maximum atomic E-state index is 5.52. The van der Waals surface area contributed by atoms with Crippen LogP contribution in [-0.2, 0) is 6.54 Å². The van der Waals surface area contributed by atoms with Crippen molar-refractivity contribution in [2.24, 2.45) is 5.92 Å². The lowest BCUT2D eigenvalue weighted by Gasteiger charge is -2.16. The van der Waals surface area contributed by atoms with E-state index in [1.807, 2.05) is 13.8 Å². The Morgan fingerprint density at radius 2 is 2.00 bits per heavy atom. The minimum absolute atomic E-state index is 0.516. The van der Waals surface area contributed by atoms with Crippen molar-refractivity contribution < 1.29 is 4.42 Å². The molecule has 0 fully saturated rings. The van der Waals surface area contributed by atoms with Crippen LogP contribution in [0.25, 0.3) is 0 Å². The van der Waals surface area contributed by atoms with Gasteiger partial charge < -0.3 is 9.73 Å². The van der Waals surface area contributed by atoms with Gasteiger partial charge in [-0.2, -0.15) is 0 Å². The van der Waals surface area contributed by atoms with E-state index in [0.717, 1.165) is 29.8 Å². The van der Waals surface area contributed by atoms with Crippen LogP contribution in [-0.4, -0.2) is 11.0 Å². The van der Waals surface area contributed by atoms with Crippen molar-refractivity contribution in [3.05, 3.63) is 17.3 Å². The molecule has 0 saturated heterocycles. The highest BCUT2D eigenvalue weighted by Crippen LogP contribution is 2.11. The molecule has 0 aliphatic carbocycles. The summed E-state index contributed by atoms with van der Waals surface area (Å²) in [6.07, 6.45) is 2.44. The molecular formula is C13H24N2O. The third-order valence-corrected chi connectivity index (χ3v) is 3.13. The van der Waals surface area contributed by atoms with Gasteiger partial charge in [-0.05, 0) is 33.1 Å². The Hall–Kier alpha value is -0.830. The van der Waals surface area contributed by atoms with Gasteiger partial charge in [0.2, 0.25) is 5.89 Å². The van der Waals surface area contributed by atoms with E-state index >= 15 is 0 Å². The van der Waals surface area contributed by atoms with E-state index in [0.29, 0.717) is 6.04 Å². The van der Waals surface area contributed by atoms with E-state index in [4.69, 9.17) is 4.42 Å². The lowest BCUT2D eigenvalue weighted by molar-refractivity contribution is 0.382. The lowest BCUT2D eigenvalue weighted by atomic mass is 10.0. The van der Waals surface area contributed by atoms with Crippen molar-refractivity contribution in [1.82, 2.24) is 10.3 Å². The quantitative estimate of drug-likeness (QED) is 0.806. The van der Waals surface area contributed by atoms with Gasteiger partial charge in [0, 0.05) is 6.04 Å². The molecule has 0 aliphatic heterocycles. The van der Waals surface area contributed by atoms with Crippen LogP contribution in [0.4, 0.5) is 0 Å². The number of rotatable bonds is 6. The van der Waals surface area contributed by atoms with Crippen molar-refractivity contribution in [3.8, 4) is 0 Å². The lowest BCUT2D eigenvalue weighted by Crippen LogP contribution is -2.27. The second kappa shape index (κ2) is 6.04. The molecule has 0 bridgehead atoms. The molecule has 0 amide bonds. The summed E-state index contributed by atoms with van der Waals surface area (Å²) < 4.78 is 5.52. The van der Waals surface area contributed by atoms with E-state index in [-0.39, 0.29) is 0 Å². The largest absolute Gasteiger partial charge is 0.444 e. The normalized spacial score (nSPS) is 15.1. The molecule has 1 heterocycles. The van der Waals surface area contributed by atoms with Gasteiger partial charge in [0.05, 0.1) is 12.2 Å². The van der Waals surface area contributed by atoms with Crippen LogP contribution < -0.4 is 5.32 Å². The Kier molecular flexibility index (Phi) is 5.00. The van der Waals surface area contributed by atoms with E-state index in [9.17, 15) is 0 Å². The molecule has 3 nitrogen and oxygen atoms in total. The fourth-order valence-corrected chi connectivity index (χ4v) is 1.73. The molecule has 2 unspecified atom stereocenters. The molecule has 0 aromatic carbocycles. The number of nitrogens with zero attached hydrogens (tertiary/aromatic N) is 1. The van der Waals surface area contributed by atoms with Crippen molar-refractivity contribution >= 4 is 0 Å². The second-order valence-electron chi connectivity index (χ2n) is 4.78. The average molecular weight is 224 g/mol. The van der Waals surface area contributed by atoms with Gasteiger partial charge in [-0.25, -0.2) is 4.98 Å². The zero-order valence-electron chi connectivity index (χ0n) is 11.1. The summed E-state index contributed by atoms with van der Waals surface area (Å²) in [5, 5.41) is 3.45. The topological polar surface area (TPSA) is 38.1 Å². The summed E-state index contributed by atoms with van der Waals surface area (Å²) in [6, 6.07) is 0.516. The number of hydrogen-bond acceptors (Lipinski definition) is 3. The number of aromatic nitrogens is 1. The first kappa shape index (κ1) is 13.2. The minimum atomic E-state index is 0.516. The summed E-state index contributed by atoms with van der Waals surface area (Å²) >= 11 is 0. The monoisotopic (exact) mass is 224 g/mol. The maximum absolute atomic E-state index is 5.52. The van der Waals surface area contributed by atoms with Gasteiger partial charge in [-0.3, -0.25) is 0 Å². The highest BCUT2D eigenvalue weighted by Gasteiger charge is 2.09. The first-order chi connectivity index (χ1) is 7.52. The standard InChI is InChI=1S/C13H24N2O/c1-6-9(2)7-10(3)14-8-13-15-11(4)12(5)16-13/h9-10,14H,6-8H2,1-5H3. The molecule has 1 N–H and O–H groups in total. The van der Waals surface area contributed by atoms with Gasteiger partial charge in [0.1, 0.15) is 5.76 Å². The summed E-state index contributed by atoms with van der Waals surface area (Å²) in [7, 11) is 0. The van der Waals surface area contributed by atoms with Crippen LogP contribution in [0.2, 0.25) is 0 Å². The van der Waals surface area contributed by atoms with Crippen molar-refractivity contribution in [3.63, 3.8) is 0 Å². The predicted molar refractivity (Wildman–Crippen MR) is 66.4 cm³/mol. The Balaban J connectivity index is 2.34. The zero-order valence-corrected chi connectivity index (χ0v) is 11.1. The van der Waals surface area contributed by atoms with Crippen LogP contribution in [0.5, 0.6) is 0 Å². The SMILES string of the molecule is CCC(C)CC(C)NCc1nc(C)c(C)o1. The van der Waals surface area contributed by atoms with Crippen molar-refractivity contribution in [2.45, 2.75) is 60.0 Å². The van der Waals surface area contributed by atoms with Crippen LogP contribution in [0, 0.1) is 19.8 Å². The molecule has 1 aromatic rings. The van der Waals surface area contributed by atoms with Crippen LogP contribution in [0.1, 0.15) is 51.0 Å². The molecule has 3 heteroatoms. The fraction of sp³-hybridized carbons (Fsp3) is 0.769. The molecule has 92 valence electrons. The molecule has 0 spiro atoms. The van der Waals surface area contributed by atoms with Crippen LogP contribution >= 0.6 is 0 Å². The van der Waals surface area contributed by atoms with E-state index in [2.05, 4.69) is 31.1 Å². The Morgan fingerprint density at radius 3 is 2.50 bits per heavy atom. The highest BCUT2D eigenvalue weighted by atomic mass is 16.4. The predicted octanol–water partition coefficient (Wildman–Crippen LogP) is 3.21. The fourth-order valence-electron chi connectivity index (χ4n) is 1.73. The summed E-state index contributed by atoms with van der Waals surface area (Å²) in [4.78, 5) is 4.35. The molecule has 1 aromatic heterocycles. The number of nitrogens with one attached hydrogen (secondary N) is 1. The second-order valence-corrected chi connectivity index (χ2v) is 4.78. The Labute approximate surface area is 98.6 Å². The van der Waals surface area contributed by atoms with Gasteiger partial charge in [0.25, 0.3) is 0 Å². The Bertz CT molecular complexity index is 300. The van der Waals surface area contributed by atoms with Gasteiger partial charge in [0.15, 0.2) is 0 Å². The molecule has 2 atom stereocenters. The van der Waals surface area contributed by atoms with Crippen molar-refractivity contribution in [2.75, 3.05) is 0 Å². The maximum Gasteiger partial charge on any atom is 0.208 e. The third-order valence-electron chi connectivity index (χ3n) is 3.13. The highest BCUT2D eigenvalue weighted by molar-refractivity contribution is 5.05. The zero-order chi connectivity index (χ0) is 12.1. The molecule has 0 radical (unpaired) electrons. The van der Waals surface area contributed by atoms with Gasteiger partial charge in [-0.1, -0.05) is 20.3 Å². The number of hydrogen-bond donors (Lipinski definition) is 1. The minimum Gasteiger partial charge on any atom is -0.444 e. The average Bonchev–Trinajstić information content (AvgIpc) is 2.55. The van der Waals surface area contributed by atoms with E-state index in [1.165, 1.54) is 12.8 Å². The Morgan fingerprint density at radius 1 is 1.31 bits per heavy atom. The van der Waals surface area contributed by atoms with Crippen LogP contribution in [0.3, 0.4) is 0 Å². The molecule has 0 aliphatic rings. The number of oxazole rings is 1. The van der Waals surface area contributed by atoms with Crippen molar-refractivity contribution in [1.29, 1.82) is 0 Å². The summed E-state index contributed by atoms with van der Waals surface area (Å²) in [5.74, 6) is 2.49. The molecule has 16 heavy (non-hydrogen) atoms. The first-order valence-electron chi connectivity index (χ1n) is 6.19. The smallest absolute Gasteiger partial charge is 0.208 e. The molecular weight excluding hydrogens is 200 g/mol. The van der Waals surface area contributed by atoms with Gasteiger partial charge in [-0.15, -0.1) is 0 Å². The van der Waals surface area contributed by atoms with Crippen LogP contribution in [0.15, 0.2) is 4.42 Å². The summed E-state index contributed by atoms with van der Waals surface area (Å²) in [6.45, 7) is 11.4. The molecule has 1 rings (SSSR count). The van der Waals surface area contributed by atoms with Gasteiger partial charge >= 0.3 is 0 Å². The molecule has 0 saturated carbocycles. The van der Waals surface area contributed by atoms with E-state index in [1.54, 1.807) is 0 Å². The van der Waals surface area contributed by atoms with E-state index < -0.39 is 0 Å². The number of aryl methyl sites for hydroxylation is 2. The summed E-state index contributed by atoms with van der Waals surface area (Å²) in [5.41, 5.74) is 0.992. The third kappa shape index (κ3) is 3.97.